The third kappa shape index (κ3) is 4.96. The van der Waals surface area contributed by atoms with Crippen LogP contribution >= 0.6 is 0 Å². The summed E-state index contributed by atoms with van der Waals surface area (Å²) in [5, 5.41) is 0.796. The van der Waals surface area contributed by atoms with Gasteiger partial charge < -0.3 is 14.5 Å². The molecule has 0 atom stereocenters. The number of rotatable bonds is 10. The molecule has 0 radical (unpaired) electrons. The Morgan fingerprint density at radius 1 is 0.875 bits per heavy atom. The van der Waals surface area contributed by atoms with E-state index in [1.54, 1.807) is 43.9 Å². The summed E-state index contributed by atoms with van der Waals surface area (Å²) in [6.07, 6.45) is 6.53. The van der Waals surface area contributed by atoms with Gasteiger partial charge in [-0.1, -0.05) is 24.3 Å². The van der Waals surface area contributed by atoms with Crippen molar-refractivity contribution in [2.24, 2.45) is 5.41 Å². The summed E-state index contributed by atoms with van der Waals surface area (Å²) in [7, 11) is 1.60. The van der Waals surface area contributed by atoms with E-state index >= 15 is 0 Å². The van der Waals surface area contributed by atoms with E-state index in [4.69, 9.17) is 9.47 Å². The van der Waals surface area contributed by atoms with Crippen LogP contribution in [-0.2, 0) is 22.4 Å². The number of hydrogen-bond acceptors (Lipinski definition) is 6. The highest BCUT2D eigenvalue weighted by Crippen LogP contribution is 2.49. The maximum Gasteiger partial charge on any atom is 0.150 e. The molecule has 0 saturated heterocycles. The van der Waals surface area contributed by atoms with Gasteiger partial charge in [0.05, 0.1) is 23.6 Å². The minimum absolute atomic E-state index is 0.0761. The van der Waals surface area contributed by atoms with E-state index in [2.05, 4.69) is 15.0 Å². The molecule has 8 heteroatoms. The number of ketones is 2. The van der Waals surface area contributed by atoms with E-state index in [0.29, 0.717) is 47.0 Å². The molecule has 200 valence electrons. The van der Waals surface area contributed by atoms with E-state index in [9.17, 15) is 14.0 Å². The number of aromatic amines is 1. The third-order valence-corrected chi connectivity index (χ3v) is 7.39. The summed E-state index contributed by atoms with van der Waals surface area (Å²) >= 11 is 0. The lowest BCUT2D eigenvalue weighted by molar-refractivity contribution is -0.133. The van der Waals surface area contributed by atoms with Gasteiger partial charge in [0, 0.05) is 42.9 Å². The van der Waals surface area contributed by atoms with Crippen molar-refractivity contribution >= 4 is 22.5 Å². The molecule has 1 aliphatic carbocycles. The summed E-state index contributed by atoms with van der Waals surface area (Å²) in [6, 6.07) is 18.7. The van der Waals surface area contributed by atoms with Crippen LogP contribution in [0.25, 0.3) is 22.3 Å². The van der Waals surface area contributed by atoms with Crippen LogP contribution in [0.1, 0.15) is 24.0 Å². The predicted octanol–water partition coefficient (Wildman–Crippen LogP) is 6.27. The van der Waals surface area contributed by atoms with Gasteiger partial charge in [-0.15, -0.1) is 0 Å². The highest BCUT2D eigenvalue weighted by atomic mass is 19.1. The van der Waals surface area contributed by atoms with Crippen LogP contribution in [0.2, 0.25) is 0 Å². The van der Waals surface area contributed by atoms with Crippen LogP contribution in [-0.4, -0.2) is 33.6 Å². The standard InChI is InChI=1S/C32H26FN3O4/c1-39-28-19-26-24(18-25(28)31-35-14-15-36-31)27(10-13-34-26)40-23-8-4-21(5-9-23)17-30(38)32(11-12-32)29(37)16-20-2-6-22(33)7-3-20/h2-10,13-15,18-19H,11-12,16-17H2,1H3,(H,35,36). The highest BCUT2D eigenvalue weighted by Gasteiger charge is 2.54. The Bertz CT molecular complexity index is 1690. The number of carbonyl (C=O) groups is 2. The second-order valence-corrected chi connectivity index (χ2v) is 9.97. The zero-order chi connectivity index (χ0) is 27.7. The molecule has 0 bridgehead atoms. The molecule has 5 aromatic rings. The molecule has 3 aromatic carbocycles. The van der Waals surface area contributed by atoms with Crippen molar-refractivity contribution in [3.05, 3.63) is 102 Å². The minimum Gasteiger partial charge on any atom is -0.496 e. The van der Waals surface area contributed by atoms with Crippen molar-refractivity contribution in [3.8, 4) is 28.6 Å². The molecule has 0 amide bonds. The second-order valence-electron chi connectivity index (χ2n) is 9.97. The fourth-order valence-electron chi connectivity index (χ4n) is 4.96. The number of hydrogen-bond donors (Lipinski definition) is 1. The van der Waals surface area contributed by atoms with Gasteiger partial charge in [0.2, 0.25) is 0 Å². The number of ether oxygens (including phenoxy) is 2. The second kappa shape index (κ2) is 10.4. The van der Waals surface area contributed by atoms with Crippen molar-refractivity contribution in [1.29, 1.82) is 0 Å². The van der Waals surface area contributed by atoms with Crippen LogP contribution < -0.4 is 9.47 Å². The first-order valence-corrected chi connectivity index (χ1v) is 13.0. The maximum absolute atomic E-state index is 13.2. The Labute approximate surface area is 230 Å². The average Bonchev–Trinajstić information content (AvgIpc) is 3.62. The summed E-state index contributed by atoms with van der Waals surface area (Å²) in [6.45, 7) is 0. The Hall–Kier alpha value is -4.85. The first-order valence-electron chi connectivity index (χ1n) is 13.0. The fourth-order valence-corrected chi connectivity index (χ4v) is 4.96. The van der Waals surface area contributed by atoms with Gasteiger partial charge in [-0.3, -0.25) is 14.6 Å². The van der Waals surface area contributed by atoms with Gasteiger partial charge >= 0.3 is 0 Å². The van der Waals surface area contributed by atoms with Gasteiger partial charge in [0.25, 0.3) is 0 Å². The fraction of sp³-hybridized carbons (Fsp3) is 0.188. The average molecular weight is 536 g/mol. The number of carbonyl (C=O) groups excluding carboxylic acids is 2. The van der Waals surface area contributed by atoms with Crippen molar-refractivity contribution in [2.75, 3.05) is 7.11 Å². The lowest BCUT2D eigenvalue weighted by atomic mass is 9.88. The van der Waals surface area contributed by atoms with E-state index in [1.807, 2.05) is 36.4 Å². The number of benzene rings is 3. The van der Waals surface area contributed by atoms with E-state index in [1.165, 1.54) is 12.1 Å². The van der Waals surface area contributed by atoms with E-state index in [0.717, 1.165) is 16.5 Å². The molecule has 0 aliphatic heterocycles. The van der Waals surface area contributed by atoms with Crippen LogP contribution in [0, 0.1) is 11.2 Å². The summed E-state index contributed by atoms with van der Waals surface area (Å²) in [4.78, 5) is 38.0. The van der Waals surface area contributed by atoms with Crippen molar-refractivity contribution < 1.29 is 23.5 Å². The van der Waals surface area contributed by atoms with E-state index < -0.39 is 5.41 Å². The molecule has 7 nitrogen and oxygen atoms in total. The Morgan fingerprint density at radius 2 is 1.55 bits per heavy atom. The molecule has 0 unspecified atom stereocenters. The van der Waals surface area contributed by atoms with Gasteiger partial charge in [-0.25, -0.2) is 9.37 Å². The Kier molecular flexibility index (Phi) is 6.59. The molecule has 1 aliphatic rings. The molecule has 2 aromatic heterocycles. The molecule has 2 heterocycles. The van der Waals surface area contributed by atoms with Crippen molar-refractivity contribution in [3.63, 3.8) is 0 Å². The quantitative estimate of drug-likeness (QED) is 0.212. The lowest BCUT2D eigenvalue weighted by Crippen LogP contribution is -2.28. The molecule has 0 spiro atoms. The normalized spacial score (nSPS) is 13.7. The summed E-state index contributed by atoms with van der Waals surface area (Å²) < 4.78 is 25.0. The maximum atomic E-state index is 13.2. The van der Waals surface area contributed by atoms with Crippen molar-refractivity contribution in [1.82, 2.24) is 15.0 Å². The molecule has 1 fully saturated rings. The topological polar surface area (TPSA) is 94.2 Å². The monoisotopic (exact) mass is 535 g/mol. The summed E-state index contributed by atoms with van der Waals surface area (Å²) in [5.74, 6) is 2.02. The largest absolute Gasteiger partial charge is 0.496 e. The van der Waals surface area contributed by atoms with Gasteiger partial charge in [-0.05, 0) is 60.4 Å². The first-order chi connectivity index (χ1) is 19.4. The number of pyridine rings is 1. The van der Waals surface area contributed by atoms with Crippen LogP contribution in [0.15, 0.2) is 85.3 Å². The number of Topliss-reactive ketones (excluding diaryl/α,β-unsaturated/α-hetero) is 2. The van der Waals surface area contributed by atoms with Gasteiger partial charge in [-0.2, -0.15) is 0 Å². The number of halogens is 1. The van der Waals surface area contributed by atoms with Gasteiger partial charge in [0.15, 0.2) is 11.6 Å². The number of H-pyrrole nitrogens is 1. The summed E-state index contributed by atoms with van der Waals surface area (Å²) in [5.41, 5.74) is 2.10. The molecule has 40 heavy (non-hydrogen) atoms. The molecule has 1 saturated carbocycles. The SMILES string of the molecule is COc1cc2nccc(Oc3ccc(CC(=O)C4(C(=O)Cc5ccc(F)cc5)CC4)cc3)c2cc1-c1ncc[nH]1. The zero-order valence-electron chi connectivity index (χ0n) is 21.8. The number of imidazole rings is 1. The van der Waals surface area contributed by atoms with Crippen LogP contribution in [0.5, 0.6) is 17.2 Å². The molecule has 6 rings (SSSR count). The lowest BCUT2D eigenvalue weighted by Gasteiger charge is -2.14. The predicted molar refractivity (Wildman–Crippen MR) is 148 cm³/mol. The first kappa shape index (κ1) is 25.4. The molecular weight excluding hydrogens is 509 g/mol. The Balaban J connectivity index is 1.17. The Morgan fingerprint density at radius 3 is 2.15 bits per heavy atom. The highest BCUT2D eigenvalue weighted by molar-refractivity contribution is 6.11. The molecular formula is C32H26FN3O4. The number of aromatic nitrogens is 3. The number of fused-ring (bicyclic) bond motifs is 1. The van der Waals surface area contributed by atoms with Crippen LogP contribution in [0.4, 0.5) is 4.39 Å². The smallest absolute Gasteiger partial charge is 0.150 e. The number of nitrogens with one attached hydrogen (secondary N) is 1. The zero-order valence-corrected chi connectivity index (χ0v) is 21.8. The van der Waals surface area contributed by atoms with Crippen LogP contribution in [0.3, 0.4) is 0 Å². The minimum atomic E-state index is -0.924. The molecule has 1 N–H and O–H groups in total. The van der Waals surface area contributed by atoms with Crippen molar-refractivity contribution in [2.45, 2.75) is 25.7 Å². The number of methoxy groups -OCH3 is 1. The van der Waals surface area contributed by atoms with E-state index in [-0.39, 0.29) is 30.2 Å². The van der Waals surface area contributed by atoms with Gasteiger partial charge in [0.1, 0.15) is 28.9 Å². The third-order valence-electron chi connectivity index (χ3n) is 7.39. The number of nitrogens with zero attached hydrogens (tertiary/aromatic N) is 2.